The summed E-state index contributed by atoms with van der Waals surface area (Å²) in [6.45, 7) is 6.53. The van der Waals surface area contributed by atoms with Crippen molar-refractivity contribution in [2.75, 3.05) is 34.0 Å². The summed E-state index contributed by atoms with van der Waals surface area (Å²) in [4.78, 5) is 4.43. The van der Waals surface area contributed by atoms with Crippen molar-refractivity contribution in [2.24, 2.45) is 10.7 Å². The molecule has 0 aromatic heterocycles. The van der Waals surface area contributed by atoms with Crippen LogP contribution in [0.2, 0.25) is 0 Å². The first-order chi connectivity index (χ1) is 13.9. The van der Waals surface area contributed by atoms with E-state index in [9.17, 15) is 0 Å². The third-order valence-corrected chi connectivity index (χ3v) is 4.92. The molecule has 0 atom stereocenters. The number of hydrogen-bond donors (Lipinski definition) is 2. The maximum atomic E-state index is 6.08. The quantitative estimate of drug-likeness (QED) is 0.326. The lowest BCUT2D eigenvalue weighted by Gasteiger charge is -2.28. The van der Waals surface area contributed by atoms with Crippen LogP contribution < -0.4 is 30.0 Å². The number of guanidine groups is 1. The zero-order chi connectivity index (χ0) is 20.9. The summed E-state index contributed by atoms with van der Waals surface area (Å²) in [6, 6.07) is 11.8. The molecule has 0 aliphatic carbocycles. The predicted octanol–water partition coefficient (Wildman–Crippen LogP) is 3.48. The summed E-state index contributed by atoms with van der Waals surface area (Å²) in [5, 5.41) is 3.22. The van der Waals surface area contributed by atoms with Gasteiger partial charge in [-0.05, 0) is 35.4 Å². The first-order valence-electron chi connectivity index (χ1n) is 9.58. The van der Waals surface area contributed by atoms with Gasteiger partial charge in [0.1, 0.15) is 13.2 Å². The van der Waals surface area contributed by atoms with Gasteiger partial charge < -0.3 is 30.0 Å². The number of aliphatic imine (C=N–C) groups is 1. The van der Waals surface area contributed by atoms with Crippen molar-refractivity contribution < 1.29 is 18.9 Å². The highest BCUT2D eigenvalue weighted by molar-refractivity contribution is 14.0. The smallest absolute Gasteiger partial charge is 0.188 e. The molecule has 0 spiro atoms. The highest BCUT2D eigenvalue weighted by Gasteiger charge is 2.23. The normalized spacial score (nSPS) is 13.3. The van der Waals surface area contributed by atoms with Crippen LogP contribution in [0.25, 0.3) is 0 Å². The molecule has 0 unspecified atom stereocenters. The number of nitrogens with one attached hydrogen (secondary N) is 1. The van der Waals surface area contributed by atoms with Crippen LogP contribution >= 0.6 is 24.0 Å². The lowest BCUT2D eigenvalue weighted by molar-refractivity contribution is 0.171. The maximum absolute atomic E-state index is 6.08. The molecule has 3 rings (SSSR count). The van der Waals surface area contributed by atoms with Crippen LogP contribution in [0.4, 0.5) is 0 Å². The zero-order valence-corrected chi connectivity index (χ0v) is 20.2. The number of rotatable bonds is 7. The van der Waals surface area contributed by atoms with E-state index in [2.05, 4.69) is 30.2 Å². The van der Waals surface area contributed by atoms with Crippen molar-refractivity contribution >= 4 is 29.9 Å². The van der Waals surface area contributed by atoms with Crippen molar-refractivity contribution in [2.45, 2.75) is 25.8 Å². The summed E-state index contributed by atoms with van der Waals surface area (Å²) in [5.41, 5.74) is 8.04. The zero-order valence-electron chi connectivity index (χ0n) is 17.9. The Morgan fingerprint density at radius 1 is 1.03 bits per heavy atom. The first kappa shape index (κ1) is 23.9. The Bertz CT molecular complexity index is 887. The Morgan fingerprint density at radius 3 is 2.43 bits per heavy atom. The molecule has 3 N–H and O–H groups in total. The minimum absolute atomic E-state index is 0. The number of ether oxygens (including phenoxy) is 4. The highest BCUT2D eigenvalue weighted by atomic mass is 127. The first-order valence-corrected chi connectivity index (χ1v) is 9.58. The number of hydrogen-bond acceptors (Lipinski definition) is 5. The van der Waals surface area contributed by atoms with E-state index < -0.39 is 0 Å². The number of halogens is 1. The number of methoxy groups -OCH3 is 2. The van der Waals surface area contributed by atoms with Gasteiger partial charge in [-0.2, -0.15) is 0 Å². The van der Waals surface area contributed by atoms with Crippen molar-refractivity contribution in [3.8, 4) is 23.0 Å². The van der Waals surface area contributed by atoms with Crippen LogP contribution in [0.1, 0.15) is 25.0 Å². The Balaban J connectivity index is 0.00000320. The molecule has 2 aromatic carbocycles. The molecule has 30 heavy (non-hydrogen) atoms. The molecule has 0 saturated heterocycles. The summed E-state index contributed by atoms with van der Waals surface area (Å²) in [5.74, 6) is 3.33. The molecule has 0 amide bonds. The molecular formula is C22H30IN3O4. The minimum atomic E-state index is -0.167. The van der Waals surface area contributed by atoms with Gasteiger partial charge in [0, 0.05) is 12.0 Å². The molecule has 1 aliphatic heterocycles. The fourth-order valence-electron chi connectivity index (χ4n) is 3.09. The van der Waals surface area contributed by atoms with Gasteiger partial charge in [0.2, 0.25) is 0 Å². The van der Waals surface area contributed by atoms with E-state index in [0.29, 0.717) is 43.8 Å². The minimum Gasteiger partial charge on any atom is -0.493 e. The summed E-state index contributed by atoms with van der Waals surface area (Å²) in [6.07, 6.45) is 0. The van der Waals surface area contributed by atoms with E-state index in [0.717, 1.165) is 22.6 Å². The molecule has 0 saturated carbocycles. The van der Waals surface area contributed by atoms with Gasteiger partial charge in [0.15, 0.2) is 29.0 Å². The van der Waals surface area contributed by atoms with Gasteiger partial charge in [-0.15, -0.1) is 24.0 Å². The SMILES string of the molecule is COc1ccc(CN=C(N)NCC(C)(C)c2ccc3c(c2)OCCO3)cc1OC.I. The molecule has 164 valence electrons. The van der Waals surface area contributed by atoms with Gasteiger partial charge in [-0.25, -0.2) is 4.99 Å². The third kappa shape index (κ3) is 5.84. The van der Waals surface area contributed by atoms with Gasteiger partial charge in [-0.3, -0.25) is 0 Å². The molecule has 0 bridgehead atoms. The molecule has 8 heteroatoms. The standard InChI is InChI=1S/C22H29N3O4.HI/c1-22(2,16-6-8-18-20(12-16)29-10-9-28-18)14-25-21(23)24-13-15-5-7-17(26-3)19(11-15)27-4;/h5-8,11-12H,9-10,13-14H2,1-4H3,(H3,23,24,25);1H. The van der Waals surface area contributed by atoms with E-state index in [-0.39, 0.29) is 29.4 Å². The van der Waals surface area contributed by atoms with Gasteiger partial charge in [-0.1, -0.05) is 26.0 Å². The van der Waals surface area contributed by atoms with Crippen LogP contribution in [0.5, 0.6) is 23.0 Å². The second-order valence-corrected chi connectivity index (χ2v) is 7.49. The molecule has 7 nitrogen and oxygen atoms in total. The van der Waals surface area contributed by atoms with Gasteiger partial charge >= 0.3 is 0 Å². The monoisotopic (exact) mass is 527 g/mol. The molecular weight excluding hydrogens is 497 g/mol. The topological polar surface area (TPSA) is 87.3 Å². The molecule has 1 aliphatic rings. The van der Waals surface area contributed by atoms with Crippen LogP contribution in [-0.2, 0) is 12.0 Å². The van der Waals surface area contributed by atoms with E-state index >= 15 is 0 Å². The van der Waals surface area contributed by atoms with E-state index in [1.54, 1.807) is 14.2 Å². The fourth-order valence-corrected chi connectivity index (χ4v) is 3.09. The number of benzene rings is 2. The molecule has 0 radical (unpaired) electrons. The summed E-state index contributed by atoms with van der Waals surface area (Å²) < 4.78 is 21.9. The lowest BCUT2D eigenvalue weighted by atomic mass is 9.84. The molecule has 0 fully saturated rings. The van der Waals surface area contributed by atoms with Crippen molar-refractivity contribution in [1.82, 2.24) is 5.32 Å². The van der Waals surface area contributed by atoms with Crippen molar-refractivity contribution in [3.63, 3.8) is 0 Å². The van der Waals surface area contributed by atoms with Crippen LogP contribution in [0, 0.1) is 0 Å². The second-order valence-electron chi connectivity index (χ2n) is 7.49. The van der Waals surface area contributed by atoms with Crippen molar-refractivity contribution in [1.29, 1.82) is 0 Å². The Morgan fingerprint density at radius 2 is 1.73 bits per heavy atom. The average molecular weight is 527 g/mol. The highest BCUT2D eigenvalue weighted by Crippen LogP contribution is 2.35. The number of nitrogens with two attached hydrogens (primary N) is 1. The average Bonchev–Trinajstić information content (AvgIpc) is 2.75. The van der Waals surface area contributed by atoms with E-state index in [1.807, 2.05) is 30.3 Å². The molecule has 1 heterocycles. The van der Waals surface area contributed by atoms with Crippen LogP contribution in [0.3, 0.4) is 0 Å². The largest absolute Gasteiger partial charge is 0.493 e. The van der Waals surface area contributed by atoms with E-state index in [1.165, 1.54) is 0 Å². The molecule has 2 aromatic rings. The summed E-state index contributed by atoms with van der Waals surface area (Å²) in [7, 11) is 3.22. The predicted molar refractivity (Wildman–Crippen MR) is 129 cm³/mol. The summed E-state index contributed by atoms with van der Waals surface area (Å²) >= 11 is 0. The number of fused-ring (bicyclic) bond motifs is 1. The second kappa shape index (κ2) is 10.6. The fraction of sp³-hybridized carbons (Fsp3) is 0.409. The lowest BCUT2D eigenvalue weighted by Crippen LogP contribution is -2.40. The van der Waals surface area contributed by atoms with Crippen LogP contribution in [0.15, 0.2) is 41.4 Å². The maximum Gasteiger partial charge on any atom is 0.188 e. The van der Waals surface area contributed by atoms with Gasteiger partial charge in [0.25, 0.3) is 0 Å². The Kier molecular flexibility index (Phi) is 8.45. The van der Waals surface area contributed by atoms with Crippen molar-refractivity contribution in [3.05, 3.63) is 47.5 Å². The number of nitrogens with zero attached hydrogens (tertiary/aromatic N) is 1. The van der Waals surface area contributed by atoms with E-state index in [4.69, 9.17) is 24.7 Å². The van der Waals surface area contributed by atoms with Crippen LogP contribution in [-0.4, -0.2) is 39.9 Å². The van der Waals surface area contributed by atoms with Gasteiger partial charge in [0.05, 0.1) is 20.8 Å². The Hall–Kier alpha value is -2.36. The third-order valence-electron chi connectivity index (χ3n) is 4.92. The Labute approximate surface area is 195 Å².